The number of rotatable bonds is 3. The second-order valence-electron chi connectivity index (χ2n) is 5.65. The second kappa shape index (κ2) is 5.76. The minimum atomic E-state index is -1.05. The summed E-state index contributed by atoms with van der Waals surface area (Å²) in [6, 6.07) is 11.5. The van der Waals surface area contributed by atoms with Crippen molar-refractivity contribution in [3.05, 3.63) is 69.1 Å². The van der Waals surface area contributed by atoms with Gasteiger partial charge in [0.05, 0.1) is 5.56 Å². The molecule has 0 bridgehead atoms. The number of hydrogen-bond donors (Lipinski definition) is 1. The number of ether oxygens (including phenoxy) is 1. The smallest absolute Gasteiger partial charge is 0.323 e. The van der Waals surface area contributed by atoms with Gasteiger partial charge in [0.1, 0.15) is 18.4 Å². The van der Waals surface area contributed by atoms with Crippen LogP contribution in [-0.4, -0.2) is 15.6 Å². The van der Waals surface area contributed by atoms with Gasteiger partial charge in [-0.25, -0.2) is 0 Å². The van der Waals surface area contributed by atoms with Crippen molar-refractivity contribution in [2.45, 2.75) is 26.5 Å². The first kappa shape index (κ1) is 15.1. The summed E-state index contributed by atoms with van der Waals surface area (Å²) in [5.74, 6) is -0.552. The van der Waals surface area contributed by atoms with Crippen molar-refractivity contribution in [3.63, 3.8) is 0 Å². The summed E-state index contributed by atoms with van der Waals surface area (Å²) < 4.78 is 7.27. The average Bonchev–Trinajstić information content (AvgIpc) is 2.52. The predicted octanol–water partition coefficient (Wildman–Crippen LogP) is 2.78. The number of nitrogens with zero attached hydrogens (tertiary/aromatic N) is 1. The highest BCUT2D eigenvalue weighted by Crippen LogP contribution is 2.35. The number of aromatic nitrogens is 1. The summed E-state index contributed by atoms with van der Waals surface area (Å²) in [4.78, 5) is 23.5. The summed E-state index contributed by atoms with van der Waals surface area (Å²) >= 11 is 0. The van der Waals surface area contributed by atoms with E-state index in [0.717, 1.165) is 11.1 Å². The third-order valence-corrected chi connectivity index (χ3v) is 3.93. The lowest BCUT2D eigenvalue weighted by Crippen LogP contribution is -2.30. The number of carboxylic acid groups (broad SMARTS) is 1. The minimum absolute atomic E-state index is 0.238. The van der Waals surface area contributed by atoms with E-state index < -0.39 is 5.97 Å². The van der Waals surface area contributed by atoms with E-state index in [0.29, 0.717) is 17.0 Å². The zero-order chi connectivity index (χ0) is 16.6. The zero-order valence-corrected chi connectivity index (χ0v) is 12.9. The molecule has 3 rings (SSSR count). The highest BCUT2D eigenvalue weighted by atomic mass is 16.5. The van der Waals surface area contributed by atoms with Gasteiger partial charge in [0.15, 0.2) is 0 Å². The van der Waals surface area contributed by atoms with Crippen LogP contribution in [0.15, 0.2) is 46.8 Å². The molecule has 1 aromatic heterocycles. The van der Waals surface area contributed by atoms with Crippen LogP contribution in [0.25, 0.3) is 6.08 Å². The number of benzene rings is 1. The van der Waals surface area contributed by atoms with Crippen molar-refractivity contribution < 1.29 is 14.6 Å². The Morgan fingerprint density at radius 3 is 2.61 bits per heavy atom. The van der Waals surface area contributed by atoms with Crippen molar-refractivity contribution >= 4 is 12.0 Å². The fourth-order valence-electron chi connectivity index (χ4n) is 2.80. The molecule has 1 atom stereocenters. The summed E-state index contributed by atoms with van der Waals surface area (Å²) in [5, 5.41) is 8.96. The Kier molecular flexibility index (Phi) is 3.78. The molecular formula is C18H17NO4. The van der Waals surface area contributed by atoms with Crippen molar-refractivity contribution in [3.8, 4) is 5.75 Å². The van der Waals surface area contributed by atoms with Crippen LogP contribution >= 0.6 is 0 Å². The van der Waals surface area contributed by atoms with E-state index in [4.69, 9.17) is 9.84 Å². The number of pyridine rings is 1. The van der Waals surface area contributed by atoms with Crippen LogP contribution < -0.4 is 10.3 Å². The molecule has 0 spiro atoms. The maximum Gasteiger partial charge on any atom is 0.323 e. The molecule has 5 nitrogen and oxygen atoms in total. The van der Waals surface area contributed by atoms with Gasteiger partial charge >= 0.3 is 5.97 Å². The monoisotopic (exact) mass is 311 g/mol. The van der Waals surface area contributed by atoms with Gasteiger partial charge in [0.2, 0.25) is 0 Å². The maximum absolute atomic E-state index is 12.5. The van der Waals surface area contributed by atoms with Crippen molar-refractivity contribution in [2.24, 2.45) is 0 Å². The Labute approximate surface area is 133 Å². The van der Waals surface area contributed by atoms with Gasteiger partial charge in [-0.15, -0.1) is 0 Å². The average molecular weight is 311 g/mol. The van der Waals surface area contributed by atoms with E-state index in [1.54, 1.807) is 19.1 Å². The van der Waals surface area contributed by atoms with E-state index in [-0.39, 0.29) is 18.2 Å². The summed E-state index contributed by atoms with van der Waals surface area (Å²) in [5.41, 5.74) is 2.55. The summed E-state index contributed by atoms with van der Waals surface area (Å²) in [6.07, 6.45) is 1.55. The molecule has 1 N–H and O–H groups in total. The Morgan fingerprint density at radius 2 is 1.96 bits per heavy atom. The lowest BCUT2D eigenvalue weighted by atomic mass is 9.98. The van der Waals surface area contributed by atoms with Crippen LogP contribution in [0, 0.1) is 6.92 Å². The Balaban J connectivity index is 2.08. The Morgan fingerprint density at radius 1 is 1.26 bits per heavy atom. The standard InChI is InChI=1S/C18H17NO4/c1-11-8-14-15(23-17(11)13-6-4-3-5-7-13)9-12(2)19(18(14)22)10-16(20)21/h3-9,17H,10H2,1-2H3,(H,20,21)/t17-/m0/s1. The van der Waals surface area contributed by atoms with Crippen molar-refractivity contribution in [2.75, 3.05) is 0 Å². The lowest BCUT2D eigenvalue weighted by molar-refractivity contribution is -0.137. The van der Waals surface area contributed by atoms with Crippen molar-refractivity contribution in [1.82, 2.24) is 4.57 Å². The van der Waals surface area contributed by atoms with E-state index >= 15 is 0 Å². The molecular weight excluding hydrogens is 294 g/mol. The van der Waals surface area contributed by atoms with Gasteiger partial charge in [-0.1, -0.05) is 30.3 Å². The molecule has 0 amide bonds. The van der Waals surface area contributed by atoms with Gasteiger partial charge in [-0.05, 0) is 31.1 Å². The zero-order valence-electron chi connectivity index (χ0n) is 12.9. The van der Waals surface area contributed by atoms with Crippen LogP contribution in [0.5, 0.6) is 5.75 Å². The first-order chi connectivity index (χ1) is 11.0. The topological polar surface area (TPSA) is 68.5 Å². The number of carbonyl (C=O) groups is 1. The molecule has 0 saturated heterocycles. The van der Waals surface area contributed by atoms with Crippen LogP contribution in [0.1, 0.15) is 29.8 Å². The van der Waals surface area contributed by atoms with Crippen LogP contribution in [0.2, 0.25) is 0 Å². The lowest BCUT2D eigenvalue weighted by Gasteiger charge is -2.26. The fraction of sp³-hybridized carbons (Fsp3) is 0.222. The number of hydrogen-bond acceptors (Lipinski definition) is 3. The third-order valence-electron chi connectivity index (χ3n) is 3.93. The molecule has 0 unspecified atom stereocenters. The predicted molar refractivity (Wildman–Crippen MR) is 86.5 cm³/mol. The van der Waals surface area contributed by atoms with E-state index in [1.807, 2.05) is 37.3 Å². The first-order valence-corrected chi connectivity index (χ1v) is 7.33. The summed E-state index contributed by atoms with van der Waals surface area (Å²) in [7, 11) is 0. The van der Waals surface area contributed by atoms with Crippen molar-refractivity contribution in [1.29, 1.82) is 0 Å². The molecule has 118 valence electrons. The quantitative estimate of drug-likeness (QED) is 0.946. The fourth-order valence-corrected chi connectivity index (χ4v) is 2.80. The molecule has 0 aliphatic carbocycles. The van der Waals surface area contributed by atoms with Gasteiger partial charge in [-0.3, -0.25) is 9.59 Å². The molecule has 2 aromatic rings. The number of aryl methyl sites for hydroxylation is 1. The van der Waals surface area contributed by atoms with E-state index in [9.17, 15) is 9.59 Å². The Hall–Kier alpha value is -2.82. The molecule has 1 aliphatic rings. The molecule has 1 aromatic carbocycles. The van der Waals surface area contributed by atoms with Gasteiger partial charge in [0, 0.05) is 11.8 Å². The third kappa shape index (κ3) is 2.77. The molecule has 5 heteroatoms. The Bertz CT molecular complexity index is 849. The first-order valence-electron chi connectivity index (χ1n) is 7.33. The molecule has 0 radical (unpaired) electrons. The van der Waals surface area contributed by atoms with E-state index in [2.05, 4.69) is 0 Å². The number of aliphatic carboxylic acids is 1. The molecule has 0 fully saturated rings. The SMILES string of the molecule is CC1=Cc2c(cc(C)n(CC(=O)O)c2=O)O[C@@H]1c1ccccc1. The van der Waals surface area contributed by atoms with Gasteiger partial charge in [0.25, 0.3) is 5.56 Å². The largest absolute Gasteiger partial charge is 0.480 e. The van der Waals surface area contributed by atoms with Gasteiger partial charge < -0.3 is 14.4 Å². The maximum atomic E-state index is 12.5. The number of carboxylic acids is 1. The molecule has 2 heterocycles. The summed E-state index contributed by atoms with van der Waals surface area (Å²) in [6.45, 7) is 3.26. The second-order valence-corrected chi connectivity index (χ2v) is 5.65. The number of fused-ring (bicyclic) bond motifs is 1. The molecule has 0 saturated carbocycles. The molecule has 23 heavy (non-hydrogen) atoms. The van der Waals surface area contributed by atoms with Crippen LogP contribution in [-0.2, 0) is 11.3 Å². The van der Waals surface area contributed by atoms with Crippen LogP contribution in [0.4, 0.5) is 0 Å². The van der Waals surface area contributed by atoms with Crippen LogP contribution in [0.3, 0.4) is 0 Å². The highest BCUT2D eigenvalue weighted by Gasteiger charge is 2.25. The molecule has 1 aliphatic heterocycles. The minimum Gasteiger partial charge on any atom is -0.480 e. The van der Waals surface area contributed by atoms with E-state index in [1.165, 1.54) is 4.57 Å². The highest BCUT2D eigenvalue weighted by molar-refractivity contribution is 5.68. The normalized spacial score (nSPS) is 16.3. The van der Waals surface area contributed by atoms with Gasteiger partial charge in [-0.2, -0.15) is 0 Å².